The van der Waals surface area contributed by atoms with Crippen molar-refractivity contribution in [2.45, 2.75) is 25.8 Å². The van der Waals surface area contributed by atoms with Gasteiger partial charge < -0.3 is 10.3 Å². The van der Waals surface area contributed by atoms with Gasteiger partial charge in [0.05, 0.1) is 6.04 Å². The van der Waals surface area contributed by atoms with Crippen LogP contribution in [0.1, 0.15) is 37.1 Å². The Hall–Kier alpha value is -2.80. The molecule has 1 heterocycles. The number of nitrogens with zero attached hydrogens (tertiary/aromatic N) is 1. The van der Waals surface area contributed by atoms with E-state index in [4.69, 9.17) is 0 Å². The lowest BCUT2D eigenvalue weighted by molar-refractivity contribution is -0.117. The first kappa shape index (κ1) is 15.6. The molecule has 0 aliphatic rings. The molecule has 0 radical (unpaired) electrons. The average molecular weight is 293 g/mol. The van der Waals surface area contributed by atoms with E-state index >= 15 is 0 Å². The van der Waals surface area contributed by atoms with Gasteiger partial charge in [-0.2, -0.15) is 5.26 Å². The number of amides is 1. The Bertz CT molecular complexity index is 666. The summed E-state index contributed by atoms with van der Waals surface area (Å²) in [4.78, 5) is 15.3. The third-order valence-electron chi connectivity index (χ3n) is 3.37. The first-order valence-electron chi connectivity index (χ1n) is 7.35. The largest absolute Gasteiger partial charge is 0.362 e. The van der Waals surface area contributed by atoms with Crippen molar-refractivity contribution in [1.82, 2.24) is 10.3 Å². The number of aromatic amines is 1. The van der Waals surface area contributed by atoms with Gasteiger partial charge in [-0.3, -0.25) is 4.79 Å². The Morgan fingerprint density at radius 1 is 1.32 bits per heavy atom. The lowest BCUT2D eigenvalue weighted by Crippen LogP contribution is -2.29. The van der Waals surface area contributed by atoms with Crippen molar-refractivity contribution in [1.29, 1.82) is 5.26 Å². The van der Waals surface area contributed by atoms with Crippen LogP contribution in [0.5, 0.6) is 0 Å². The van der Waals surface area contributed by atoms with Crippen molar-refractivity contribution >= 4 is 12.0 Å². The Morgan fingerprint density at radius 2 is 2.09 bits per heavy atom. The molecule has 2 aromatic rings. The second kappa shape index (κ2) is 7.84. The minimum atomic E-state index is -0.348. The van der Waals surface area contributed by atoms with E-state index in [2.05, 4.69) is 17.2 Å². The predicted molar refractivity (Wildman–Crippen MR) is 86.6 cm³/mol. The topological polar surface area (TPSA) is 68.7 Å². The number of carbonyl (C=O) groups is 1. The lowest BCUT2D eigenvalue weighted by Gasteiger charge is -2.18. The van der Waals surface area contributed by atoms with Crippen molar-refractivity contribution < 1.29 is 4.79 Å². The van der Waals surface area contributed by atoms with Gasteiger partial charge in [-0.05, 0) is 30.2 Å². The molecule has 2 N–H and O–H groups in total. The minimum absolute atomic E-state index is 0.0842. The molecule has 0 aliphatic heterocycles. The Balaban J connectivity index is 2.15. The molecule has 1 aromatic carbocycles. The number of nitriles is 1. The molecule has 112 valence electrons. The third kappa shape index (κ3) is 4.10. The Kier molecular flexibility index (Phi) is 5.56. The number of rotatable bonds is 6. The summed E-state index contributed by atoms with van der Waals surface area (Å²) in [5.74, 6) is -0.348. The number of hydrogen-bond donors (Lipinski definition) is 2. The summed E-state index contributed by atoms with van der Waals surface area (Å²) < 4.78 is 0. The van der Waals surface area contributed by atoms with E-state index in [1.54, 1.807) is 12.3 Å². The molecule has 4 nitrogen and oxygen atoms in total. The van der Waals surface area contributed by atoms with E-state index in [-0.39, 0.29) is 17.5 Å². The number of H-pyrrole nitrogens is 1. The normalized spacial score (nSPS) is 12.5. The third-order valence-corrected chi connectivity index (χ3v) is 3.37. The first-order valence-corrected chi connectivity index (χ1v) is 7.35. The molecule has 0 unspecified atom stereocenters. The summed E-state index contributed by atoms with van der Waals surface area (Å²) in [6.07, 6.45) is 5.09. The van der Waals surface area contributed by atoms with E-state index in [1.807, 2.05) is 48.5 Å². The van der Waals surface area contributed by atoms with Gasteiger partial charge in [0.2, 0.25) is 0 Å². The van der Waals surface area contributed by atoms with Crippen LogP contribution in [-0.4, -0.2) is 10.9 Å². The molecule has 0 bridgehead atoms. The van der Waals surface area contributed by atoms with Gasteiger partial charge in [0, 0.05) is 11.9 Å². The van der Waals surface area contributed by atoms with Gasteiger partial charge in [0.15, 0.2) is 0 Å². The molecule has 1 aromatic heterocycles. The summed E-state index contributed by atoms with van der Waals surface area (Å²) >= 11 is 0. The van der Waals surface area contributed by atoms with Crippen molar-refractivity contribution in [2.24, 2.45) is 0 Å². The molecule has 0 spiro atoms. The summed E-state index contributed by atoms with van der Waals surface area (Å²) in [5.41, 5.74) is 1.88. The van der Waals surface area contributed by atoms with Gasteiger partial charge in [0.25, 0.3) is 5.91 Å². The molecule has 1 atom stereocenters. The number of nitrogens with one attached hydrogen (secondary N) is 2. The standard InChI is InChI=1S/C18H19N3O/c1-2-7-17(14-8-4-3-5-9-14)21-18(22)15(13-19)12-16-10-6-11-20-16/h3-6,8-12,17,20H,2,7H2,1H3,(H,21,22)/t17-/m0/s1. The van der Waals surface area contributed by atoms with Crippen LogP contribution < -0.4 is 5.32 Å². The van der Waals surface area contributed by atoms with E-state index in [0.717, 1.165) is 24.1 Å². The lowest BCUT2D eigenvalue weighted by atomic mass is 10.0. The highest BCUT2D eigenvalue weighted by Crippen LogP contribution is 2.19. The van der Waals surface area contributed by atoms with Gasteiger partial charge in [-0.25, -0.2) is 0 Å². The van der Waals surface area contributed by atoms with Crippen molar-refractivity contribution in [3.63, 3.8) is 0 Å². The minimum Gasteiger partial charge on any atom is -0.362 e. The van der Waals surface area contributed by atoms with Gasteiger partial charge in [0.1, 0.15) is 11.6 Å². The van der Waals surface area contributed by atoms with Crippen LogP contribution >= 0.6 is 0 Å². The number of carbonyl (C=O) groups excluding carboxylic acids is 1. The fraction of sp³-hybridized carbons (Fsp3) is 0.222. The second-order valence-corrected chi connectivity index (χ2v) is 5.02. The van der Waals surface area contributed by atoms with Crippen LogP contribution in [-0.2, 0) is 4.79 Å². The molecule has 0 aliphatic carbocycles. The zero-order chi connectivity index (χ0) is 15.8. The number of hydrogen-bond acceptors (Lipinski definition) is 2. The van der Waals surface area contributed by atoms with E-state index in [9.17, 15) is 10.1 Å². The zero-order valence-corrected chi connectivity index (χ0v) is 12.5. The van der Waals surface area contributed by atoms with E-state index in [1.165, 1.54) is 0 Å². The van der Waals surface area contributed by atoms with Crippen LogP contribution in [0, 0.1) is 11.3 Å². The van der Waals surface area contributed by atoms with Crippen LogP contribution in [0.2, 0.25) is 0 Å². The average Bonchev–Trinajstić information content (AvgIpc) is 3.06. The molecule has 0 saturated carbocycles. The van der Waals surface area contributed by atoms with Gasteiger partial charge in [-0.1, -0.05) is 43.7 Å². The maximum atomic E-state index is 12.3. The predicted octanol–water partition coefficient (Wildman–Crippen LogP) is 3.58. The summed E-state index contributed by atoms with van der Waals surface area (Å²) in [5, 5.41) is 12.2. The molecular formula is C18H19N3O. The highest BCUT2D eigenvalue weighted by Gasteiger charge is 2.16. The highest BCUT2D eigenvalue weighted by atomic mass is 16.1. The zero-order valence-electron chi connectivity index (χ0n) is 12.5. The van der Waals surface area contributed by atoms with E-state index < -0.39 is 0 Å². The Morgan fingerprint density at radius 3 is 2.68 bits per heavy atom. The molecule has 1 amide bonds. The van der Waals surface area contributed by atoms with Crippen LogP contribution in [0.25, 0.3) is 6.08 Å². The van der Waals surface area contributed by atoms with Crippen molar-refractivity contribution in [3.05, 3.63) is 65.5 Å². The maximum absolute atomic E-state index is 12.3. The first-order chi connectivity index (χ1) is 10.7. The van der Waals surface area contributed by atoms with Crippen LogP contribution in [0.3, 0.4) is 0 Å². The molecule has 2 rings (SSSR count). The highest BCUT2D eigenvalue weighted by molar-refractivity contribution is 6.01. The summed E-state index contributed by atoms with van der Waals surface area (Å²) in [6.45, 7) is 2.07. The van der Waals surface area contributed by atoms with Crippen LogP contribution in [0.15, 0.2) is 54.2 Å². The molecule has 4 heteroatoms. The van der Waals surface area contributed by atoms with Crippen LogP contribution in [0.4, 0.5) is 0 Å². The summed E-state index contributed by atoms with van der Waals surface area (Å²) in [7, 11) is 0. The molecular weight excluding hydrogens is 274 g/mol. The van der Waals surface area contributed by atoms with Crippen molar-refractivity contribution in [2.75, 3.05) is 0 Å². The van der Waals surface area contributed by atoms with Gasteiger partial charge in [-0.15, -0.1) is 0 Å². The second-order valence-electron chi connectivity index (χ2n) is 5.02. The smallest absolute Gasteiger partial charge is 0.262 e. The maximum Gasteiger partial charge on any atom is 0.262 e. The quantitative estimate of drug-likeness (QED) is 0.631. The fourth-order valence-electron chi connectivity index (χ4n) is 2.27. The number of aromatic nitrogens is 1. The van der Waals surface area contributed by atoms with Crippen molar-refractivity contribution in [3.8, 4) is 6.07 Å². The fourth-order valence-corrected chi connectivity index (χ4v) is 2.27. The number of benzene rings is 1. The SMILES string of the molecule is CCC[C@H](NC(=O)C(C#N)=Cc1ccc[nH]1)c1ccccc1. The summed E-state index contributed by atoms with van der Waals surface area (Å²) in [6, 6.07) is 15.3. The molecule has 22 heavy (non-hydrogen) atoms. The Labute approximate surface area is 130 Å². The van der Waals surface area contributed by atoms with Gasteiger partial charge >= 0.3 is 0 Å². The molecule has 0 saturated heterocycles. The monoisotopic (exact) mass is 293 g/mol. The van der Waals surface area contributed by atoms with E-state index in [0.29, 0.717) is 0 Å². The molecule has 0 fully saturated rings.